The molecule has 0 aromatic heterocycles. The van der Waals surface area contributed by atoms with Crippen LogP contribution in [-0.2, 0) is 36.8 Å². The van der Waals surface area contributed by atoms with Crippen molar-refractivity contribution in [3.63, 3.8) is 0 Å². The first-order valence-electron chi connectivity index (χ1n) is 13.7. The summed E-state index contributed by atoms with van der Waals surface area (Å²) in [5.74, 6) is -2.88. The number of nitrogens with zero attached hydrogens (tertiary/aromatic N) is 2. The second kappa shape index (κ2) is 11.8. The Morgan fingerprint density at radius 1 is 1.20 bits per heavy atom. The molecule has 0 saturated carbocycles. The monoisotopic (exact) mass is 610 g/mol. The highest BCUT2D eigenvalue weighted by Crippen LogP contribution is 2.60. The van der Waals surface area contributed by atoms with Crippen LogP contribution in [-0.4, -0.2) is 81.1 Å². The number of rotatable bonds is 11. The van der Waals surface area contributed by atoms with Gasteiger partial charge >= 0.3 is 5.97 Å². The molecule has 7 atom stereocenters. The molecule has 1 spiro atoms. The molecule has 3 aliphatic heterocycles. The number of benzene rings is 2. The van der Waals surface area contributed by atoms with Gasteiger partial charge in [0.2, 0.25) is 11.8 Å². The Morgan fingerprint density at radius 3 is 2.45 bits per heavy atom. The van der Waals surface area contributed by atoms with Crippen molar-refractivity contribution >= 4 is 33.7 Å². The molecule has 1 unspecified atom stereocenters. The second-order valence-corrected chi connectivity index (χ2v) is 11.9. The summed E-state index contributed by atoms with van der Waals surface area (Å²) in [5, 5.41) is 10.6. The van der Waals surface area contributed by atoms with Gasteiger partial charge in [0.1, 0.15) is 11.6 Å². The van der Waals surface area contributed by atoms with Crippen LogP contribution in [0.4, 0.5) is 0 Å². The predicted molar refractivity (Wildman–Crippen MR) is 152 cm³/mol. The number of ether oxygens (including phenoxy) is 2. The van der Waals surface area contributed by atoms with Gasteiger partial charge in [0.25, 0.3) is 0 Å². The van der Waals surface area contributed by atoms with Crippen molar-refractivity contribution in [2.24, 2.45) is 11.8 Å². The molecule has 8 nitrogen and oxygen atoms in total. The quantitative estimate of drug-likeness (QED) is 0.239. The molecular weight excluding hydrogens is 576 g/mol. The lowest BCUT2D eigenvalue weighted by atomic mass is 9.70. The highest BCUT2D eigenvalue weighted by Gasteiger charge is 2.77. The Morgan fingerprint density at radius 2 is 1.85 bits per heavy atom. The van der Waals surface area contributed by atoms with Crippen molar-refractivity contribution in [1.29, 1.82) is 0 Å². The van der Waals surface area contributed by atoms with Crippen LogP contribution in [0.3, 0.4) is 0 Å². The Bertz CT molecular complexity index is 1240. The fourth-order valence-electron chi connectivity index (χ4n) is 6.75. The van der Waals surface area contributed by atoms with E-state index in [0.717, 1.165) is 11.1 Å². The maximum Gasteiger partial charge on any atom is 0.312 e. The molecule has 2 amide bonds. The van der Waals surface area contributed by atoms with Crippen molar-refractivity contribution in [1.82, 2.24) is 9.80 Å². The van der Waals surface area contributed by atoms with Gasteiger partial charge in [-0.1, -0.05) is 82.7 Å². The van der Waals surface area contributed by atoms with Crippen LogP contribution in [0.15, 0.2) is 73.3 Å². The molecule has 212 valence electrons. The van der Waals surface area contributed by atoms with E-state index < -0.39 is 41.6 Å². The minimum absolute atomic E-state index is 0.173. The van der Waals surface area contributed by atoms with Crippen LogP contribution in [0.2, 0.25) is 0 Å². The topological polar surface area (TPSA) is 96.4 Å². The van der Waals surface area contributed by atoms with Crippen LogP contribution < -0.4 is 0 Å². The molecule has 40 heavy (non-hydrogen) atoms. The van der Waals surface area contributed by atoms with E-state index in [0.29, 0.717) is 19.4 Å². The zero-order chi connectivity index (χ0) is 28.4. The molecule has 1 N–H and O–H groups in total. The van der Waals surface area contributed by atoms with E-state index in [9.17, 15) is 19.5 Å². The minimum Gasteiger partial charge on any atom is -0.466 e. The molecule has 3 saturated heterocycles. The minimum atomic E-state index is -1.23. The maximum absolute atomic E-state index is 14.6. The lowest BCUT2D eigenvalue weighted by Crippen LogP contribution is -2.59. The maximum atomic E-state index is 14.6. The molecule has 2 aromatic carbocycles. The van der Waals surface area contributed by atoms with Crippen LogP contribution in [0.5, 0.6) is 0 Å². The molecule has 3 aliphatic rings. The fourth-order valence-corrected chi connectivity index (χ4v) is 7.69. The average Bonchev–Trinajstić information content (AvgIpc) is 3.56. The molecule has 3 fully saturated rings. The van der Waals surface area contributed by atoms with Crippen molar-refractivity contribution in [3.05, 3.63) is 84.4 Å². The Kier molecular flexibility index (Phi) is 8.44. The molecule has 3 heterocycles. The van der Waals surface area contributed by atoms with Gasteiger partial charge < -0.3 is 24.4 Å². The number of carbonyl (C=O) groups excluding carboxylic acids is 3. The van der Waals surface area contributed by atoms with Crippen molar-refractivity contribution in [2.45, 2.75) is 54.9 Å². The first-order chi connectivity index (χ1) is 19.4. The summed E-state index contributed by atoms with van der Waals surface area (Å²) in [4.78, 5) is 45.1. The number of aliphatic hydroxyl groups is 1. The molecule has 2 aromatic rings. The van der Waals surface area contributed by atoms with Gasteiger partial charge in [-0.25, -0.2) is 0 Å². The average molecular weight is 612 g/mol. The van der Waals surface area contributed by atoms with Crippen LogP contribution in [0.1, 0.15) is 24.5 Å². The van der Waals surface area contributed by atoms with E-state index in [1.165, 1.54) is 4.90 Å². The summed E-state index contributed by atoms with van der Waals surface area (Å²) in [5.41, 5.74) is 0.628. The van der Waals surface area contributed by atoms with E-state index in [-0.39, 0.29) is 36.4 Å². The van der Waals surface area contributed by atoms with Gasteiger partial charge in [-0.15, -0.1) is 6.58 Å². The third-order valence-electron chi connectivity index (χ3n) is 8.32. The fraction of sp³-hybridized carbons (Fsp3) is 0.452. The van der Waals surface area contributed by atoms with E-state index in [1.807, 2.05) is 60.7 Å². The highest BCUT2D eigenvalue weighted by atomic mass is 79.9. The van der Waals surface area contributed by atoms with Crippen molar-refractivity contribution < 1.29 is 29.0 Å². The first kappa shape index (κ1) is 28.5. The summed E-state index contributed by atoms with van der Waals surface area (Å²) in [6.07, 6.45) is 1.80. The van der Waals surface area contributed by atoms with Gasteiger partial charge in [0, 0.05) is 17.9 Å². The number of hydrogen-bond acceptors (Lipinski definition) is 6. The SMILES string of the molecule is C=CCN(Cc1ccccc1)C(=O)[C@@H]1N([C@@H](CO)Cc2ccccc2)C(=O)[C@H]2[C@H](C(=O)OCC)[C@H]3O[C@@]12CC3Br. The van der Waals surface area contributed by atoms with E-state index in [1.54, 1.807) is 17.9 Å². The summed E-state index contributed by atoms with van der Waals surface area (Å²) < 4.78 is 12.0. The molecule has 5 rings (SSSR count). The van der Waals surface area contributed by atoms with Gasteiger partial charge in [0.05, 0.1) is 37.2 Å². The summed E-state index contributed by atoms with van der Waals surface area (Å²) >= 11 is 3.68. The largest absolute Gasteiger partial charge is 0.466 e. The lowest BCUT2D eigenvalue weighted by molar-refractivity contribution is -0.156. The molecule has 9 heteroatoms. The number of carbonyl (C=O) groups is 3. The molecule has 0 radical (unpaired) electrons. The normalized spacial score (nSPS) is 29.2. The Hall–Kier alpha value is -3.01. The van der Waals surface area contributed by atoms with Crippen LogP contribution in [0.25, 0.3) is 0 Å². The van der Waals surface area contributed by atoms with Gasteiger partial charge in [-0.2, -0.15) is 0 Å². The summed E-state index contributed by atoms with van der Waals surface area (Å²) in [6, 6.07) is 17.4. The number of hydrogen-bond donors (Lipinski definition) is 1. The van der Waals surface area contributed by atoms with Crippen molar-refractivity contribution in [2.75, 3.05) is 19.8 Å². The number of aliphatic hydroxyl groups excluding tert-OH is 1. The first-order valence-corrected chi connectivity index (χ1v) is 14.7. The highest BCUT2D eigenvalue weighted by molar-refractivity contribution is 9.09. The number of alkyl halides is 1. The Balaban J connectivity index is 1.58. The zero-order valence-electron chi connectivity index (χ0n) is 22.5. The van der Waals surface area contributed by atoms with Gasteiger partial charge in [-0.3, -0.25) is 14.4 Å². The molecule has 2 bridgehead atoms. The number of esters is 1. The third kappa shape index (κ3) is 4.88. The number of halogens is 1. The zero-order valence-corrected chi connectivity index (χ0v) is 24.1. The van der Waals surface area contributed by atoms with E-state index in [2.05, 4.69) is 22.5 Å². The standard InChI is InChI=1S/C31H35BrN2O6/c1-3-15-33(18-21-13-9-6-10-14-21)29(37)27-31-17-23(32)26(40-31)24(30(38)39-4-2)25(31)28(36)34(27)22(19-35)16-20-11-7-5-8-12-20/h3,5-14,22-27,35H,1,4,15-19H2,2H3/t22-,23?,24+,25-,26+,27+,31-/m1/s1. The van der Waals surface area contributed by atoms with E-state index >= 15 is 0 Å². The second-order valence-electron chi connectivity index (χ2n) is 10.7. The van der Waals surface area contributed by atoms with E-state index in [4.69, 9.17) is 9.47 Å². The summed E-state index contributed by atoms with van der Waals surface area (Å²) in [6.45, 7) is 5.98. The Labute approximate surface area is 243 Å². The summed E-state index contributed by atoms with van der Waals surface area (Å²) in [7, 11) is 0. The smallest absolute Gasteiger partial charge is 0.312 e. The predicted octanol–water partition coefficient (Wildman–Crippen LogP) is 3.12. The van der Waals surface area contributed by atoms with Gasteiger partial charge in [-0.05, 0) is 30.9 Å². The van der Waals surface area contributed by atoms with Gasteiger partial charge in [0.15, 0.2) is 0 Å². The van der Waals surface area contributed by atoms with Crippen LogP contribution >= 0.6 is 15.9 Å². The number of amides is 2. The number of fused-ring (bicyclic) bond motifs is 1. The third-order valence-corrected chi connectivity index (χ3v) is 9.16. The van der Waals surface area contributed by atoms with Crippen LogP contribution in [0, 0.1) is 11.8 Å². The lowest BCUT2D eigenvalue weighted by Gasteiger charge is -2.39. The van der Waals surface area contributed by atoms with Crippen molar-refractivity contribution in [3.8, 4) is 0 Å². The molecular formula is C31H35BrN2O6. The molecule has 0 aliphatic carbocycles. The number of likely N-dealkylation sites (tertiary alicyclic amines) is 1.